The molecule has 1 aromatic rings. The second-order valence-corrected chi connectivity index (χ2v) is 7.32. The van der Waals surface area contributed by atoms with Gasteiger partial charge in [0.15, 0.2) is 0 Å². The van der Waals surface area contributed by atoms with E-state index in [-0.39, 0.29) is 17.2 Å². The Hall–Kier alpha value is -1.89. The first kappa shape index (κ1) is 17.9. The number of methoxy groups -OCH3 is 1. The lowest BCUT2D eigenvalue weighted by Crippen LogP contribution is -2.55. The molecule has 3 rings (SSSR count). The van der Waals surface area contributed by atoms with Gasteiger partial charge in [-0.3, -0.25) is 9.59 Å². The summed E-state index contributed by atoms with van der Waals surface area (Å²) in [7, 11) is 1.68. The van der Waals surface area contributed by atoms with E-state index in [9.17, 15) is 9.59 Å². The lowest BCUT2D eigenvalue weighted by atomic mass is 9.73. The first-order valence-electron chi connectivity index (χ1n) is 9.12. The number of ether oxygens (including phenoxy) is 1. The number of likely N-dealkylation sites (tertiary alicyclic amines) is 2. The van der Waals surface area contributed by atoms with Crippen LogP contribution < -0.4 is 0 Å². The van der Waals surface area contributed by atoms with Gasteiger partial charge in [-0.05, 0) is 25.7 Å². The van der Waals surface area contributed by atoms with E-state index in [0.717, 1.165) is 51.9 Å². The van der Waals surface area contributed by atoms with Gasteiger partial charge in [0.1, 0.15) is 6.54 Å². The van der Waals surface area contributed by atoms with Gasteiger partial charge in [-0.2, -0.15) is 0 Å². The van der Waals surface area contributed by atoms with Crippen LogP contribution in [0.25, 0.3) is 0 Å². The molecule has 1 atom stereocenters. The molecule has 0 aromatic carbocycles. The Balaban J connectivity index is 1.60. The number of carbonyl (C=O) groups is 2. The van der Waals surface area contributed by atoms with E-state index in [1.165, 1.54) is 0 Å². The van der Waals surface area contributed by atoms with Crippen LogP contribution in [0.1, 0.15) is 32.1 Å². The largest absolute Gasteiger partial charge is 0.385 e. The minimum atomic E-state index is 0.0594. The van der Waals surface area contributed by atoms with Crippen LogP contribution in [0.5, 0.6) is 0 Å². The highest BCUT2D eigenvalue weighted by Crippen LogP contribution is 2.39. The lowest BCUT2D eigenvalue weighted by Gasteiger charge is -2.48. The normalized spacial score (nSPS) is 24.1. The van der Waals surface area contributed by atoms with Gasteiger partial charge in [-0.1, -0.05) is 0 Å². The predicted octanol–water partition coefficient (Wildman–Crippen LogP) is 1.15. The molecule has 0 bridgehead atoms. The van der Waals surface area contributed by atoms with Crippen molar-refractivity contribution < 1.29 is 14.3 Å². The molecule has 1 aromatic heterocycles. The van der Waals surface area contributed by atoms with Crippen LogP contribution in [-0.4, -0.2) is 71.1 Å². The molecule has 25 heavy (non-hydrogen) atoms. The van der Waals surface area contributed by atoms with Gasteiger partial charge in [-0.15, -0.1) is 0 Å². The van der Waals surface area contributed by atoms with Gasteiger partial charge in [-0.25, -0.2) is 4.98 Å². The minimum Gasteiger partial charge on any atom is -0.385 e. The monoisotopic (exact) mass is 348 g/mol. The average Bonchev–Trinajstić information content (AvgIpc) is 3.11. The lowest BCUT2D eigenvalue weighted by molar-refractivity contribution is -0.143. The summed E-state index contributed by atoms with van der Waals surface area (Å²) < 4.78 is 6.92. The summed E-state index contributed by atoms with van der Waals surface area (Å²) in [5.41, 5.74) is 0.0594. The highest BCUT2D eigenvalue weighted by atomic mass is 16.5. The van der Waals surface area contributed by atoms with Crippen LogP contribution in [0, 0.1) is 5.41 Å². The molecule has 2 aliphatic heterocycles. The SMILES string of the molecule is COCCCN1CC2(CCCN(C(=O)Cn3ccnc3)C2)CCC1=O. The molecule has 2 saturated heterocycles. The number of aromatic nitrogens is 2. The summed E-state index contributed by atoms with van der Waals surface area (Å²) >= 11 is 0. The molecular weight excluding hydrogens is 320 g/mol. The molecule has 7 nitrogen and oxygen atoms in total. The van der Waals surface area contributed by atoms with Gasteiger partial charge in [0.05, 0.1) is 6.33 Å². The van der Waals surface area contributed by atoms with E-state index in [4.69, 9.17) is 4.74 Å². The van der Waals surface area contributed by atoms with E-state index >= 15 is 0 Å². The molecule has 0 N–H and O–H groups in total. The van der Waals surface area contributed by atoms with Crippen LogP contribution in [0.3, 0.4) is 0 Å². The molecule has 0 saturated carbocycles. The van der Waals surface area contributed by atoms with Crippen LogP contribution in [-0.2, 0) is 20.9 Å². The maximum atomic E-state index is 12.6. The molecule has 138 valence electrons. The van der Waals surface area contributed by atoms with E-state index in [0.29, 0.717) is 19.6 Å². The zero-order chi connectivity index (χ0) is 17.7. The summed E-state index contributed by atoms with van der Waals surface area (Å²) in [6, 6.07) is 0. The third kappa shape index (κ3) is 4.39. The number of amides is 2. The topological polar surface area (TPSA) is 67.7 Å². The number of piperidine rings is 2. The Bertz CT molecular complexity index is 589. The van der Waals surface area contributed by atoms with Gasteiger partial charge in [0.25, 0.3) is 0 Å². The minimum absolute atomic E-state index is 0.0594. The van der Waals surface area contributed by atoms with Crippen molar-refractivity contribution in [3.8, 4) is 0 Å². The summed E-state index contributed by atoms with van der Waals surface area (Å²) in [4.78, 5) is 32.8. The zero-order valence-electron chi connectivity index (χ0n) is 15.0. The number of nitrogens with zero attached hydrogens (tertiary/aromatic N) is 4. The van der Waals surface area contributed by atoms with Crippen molar-refractivity contribution in [1.29, 1.82) is 0 Å². The quantitative estimate of drug-likeness (QED) is 0.723. The zero-order valence-corrected chi connectivity index (χ0v) is 15.0. The molecule has 2 amide bonds. The van der Waals surface area contributed by atoms with Crippen molar-refractivity contribution in [3.63, 3.8) is 0 Å². The Kier molecular flexibility index (Phi) is 5.73. The molecule has 2 fully saturated rings. The highest BCUT2D eigenvalue weighted by Gasteiger charge is 2.42. The number of imidazole rings is 1. The van der Waals surface area contributed by atoms with Gasteiger partial charge in [0.2, 0.25) is 11.8 Å². The van der Waals surface area contributed by atoms with Crippen molar-refractivity contribution in [2.45, 2.75) is 38.6 Å². The Morgan fingerprint density at radius 3 is 3.00 bits per heavy atom. The maximum Gasteiger partial charge on any atom is 0.242 e. The van der Waals surface area contributed by atoms with Gasteiger partial charge >= 0.3 is 0 Å². The summed E-state index contributed by atoms with van der Waals surface area (Å²) in [6.07, 6.45) is 9.63. The molecular formula is C18H28N4O3. The second-order valence-electron chi connectivity index (χ2n) is 7.32. The summed E-state index contributed by atoms with van der Waals surface area (Å²) in [5, 5.41) is 0. The fourth-order valence-corrected chi connectivity index (χ4v) is 4.10. The molecule has 7 heteroatoms. The third-order valence-corrected chi connectivity index (χ3v) is 5.42. The standard InChI is InChI=1S/C18H28N4O3/c1-25-11-3-9-21-13-18(6-4-16(21)23)5-2-8-22(14-18)17(24)12-20-10-7-19-15-20/h7,10,15H,2-6,8-9,11-14H2,1H3. The average molecular weight is 348 g/mol. The van der Waals surface area contributed by atoms with Crippen LogP contribution in [0.4, 0.5) is 0 Å². The van der Waals surface area contributed by atoms with Crippen molar-refractivity contribution >= 4 is 11.8 Å². The fourth-order valence-electron chi connectivity index (χ4n) is 4.10. The first-order chi connectivity index (χ1) is 12.1. The van der Waals surface area contributed by atoms with Gasteiger partial charge < -0.3 is 19.1 Å². The predicted molar refractivity (Wildman–Crippen MR) is 92.8 cm³/mol. The van der Waals surface area contributed by atoms with Crippen molar-refractivity contribution in [3.05, 3.63) is 18.7 Å². The third-order valence-electron chi connectivity index (χ3n) is 5.42. The summed E-state index contributed by atoms with van der Waals surface area (Å²) in [6.45, 7) is 4.10. The van der Waals surface area contributed by atoms with Crippen molar-refractivity contribution in [2.24, 2.45) is 5.41 Å². The maximum absolute atomic E-state index is 12.6. The molecule has 2 aliphatic rings. The van der Waals surface area contributed by atoms with E-state index < -0.39 is 0 Å². The van der Waals surface area contributed by atoms with Crippen LogP contribution >= 0.6 is 0 Å². The van der Waals surface area contributed by atoms with Crippen molar-refractivity contribution in [1.82, 2.24) is 19.4 Å². The molecule has 0 aliphatic carbocycles. The van der Waals surface area contributed by atoms with Crippen LogP contribution in [0.2, 0.25) is 0 Å². The number of carbonyl (C=O) groups excluding carboxylic acids is 2. The molecule has 1 unspecified atom stereocenters. The van der Waals surface area contributed by atoms with Crippen molar-refractivity contribution in [2.75, 3.05) is 39.9 Å². The fraction of sp³-hybridized carbons (Fsp3) is 0.722. The van der Waals surface area contributed by atoms with Crippen LogP contribution in [0.15, 0.2) is 18.7 Å². The highest BCUT2D eigenvalue weighted by molar-refractivity contribution is 5.78. The van der Waals surface area contributed by atoms with E-state index in [1.807, 2.05) is 20.6 Å². The summed E-state index contributed by atoms with van der Waals surface area (Å²) in [5.74, 6) is 0.378. The Morgan fingerprint density at radius 2 is 2.24 bits per heavy atom. The van der Waals surface area contributed by atoms with E-state index in [1.54, 1.807) is 19.6 Å². The second kappa shape index (κ2) is 7.99. The molecule has 0 radical (unpaired) electrons. The number of rotatable bonds is 6. The van der Waals surface area contributed by atoms with E-state index in [2.05, 4.69) is 4.98 Å². The Morgan fingerprint density at radius 1 is 1.36 bits per heavy atom. The molecule has 3 heterocycles. The first-order valence-corrected chi connectivity index (χ1v) is 9.12. The van der Waals surface area contributed by atoms with Gasteiger partial charge in [0, 0.05) is 64.1 Å². The smallest absolute Gasteiger partial charge is 0.242 e. The molecule has 1 spiro atoms. The Labute approximate surface area is 148 Å². The number of hydrogen-bond acceptors (Lipinski definition) is 4. The number of hydrogen-bond donors (Lipinski definition) is 0.